The lowest BCUT2D eigenvalue weighted by atomic mass is 10.1. The molecule has 0 radical (unpaired) electrons. The molecule has 0 fully saturated rings. The fourth-order valence-corrected chi connectivity index (χ4v) is 3.80. The highest BCUT2D eigenvalue weighted by Gasteiger charge is 2.30. The number of nitrogens with zero attached hydrogens (tertiary/aromatic N) is 2. The second-order valence-corrected chi connectivity index (χ2v) is 8.84. The molecule has 0 aliphatic rings. The highest BCUT2D eigenvalue weighted by atomic mass is 32.2. The van der Waals surface area contributed by atoms with Crippen molar-refractivity contribution in [3.8, 4) is 0 Å². The third-order valence-corrected chi connectivity index (χ3v) is 5.73. The van der Waals surface area contributed by atoms with Crippen molar-refractivity contribution in [2.75, 3.05) is 23.7 Å². The first-order valence-electron chi connectivity index (χ1n) is 9.58. The van der Waals surface area contributed by atoms with Gasteiger partial charge >= 0.3 is 0 Å². The van der Waals surface area contributed by atoms with E-state index in [0.717, 1.165) is 27.6 Å². The van der Waals surface area contributed by atoms with Gasteiger partial charge in [-0.2, -0.15) is 0 Å². The van der Waals surface area contributed by atoms with Crippen molar-refractivity contribution >= 4 is 27.5 Å². The fourth-order valence-electron chi connectivity index (χ4n) is 2.96. The summed E-state index contributed by atoms with van der Waals surface area (Å²) in [5.41, 5.74) is 0.135. The molecular formula is C21H25F2N3O4S. The van der Waals surface area contributed by atoms with Crippen molar-refractivity contribution in [1.29, 1.82) is 0 Å². The minimum absolute atomic E-state index is 0.0349. The molecule has 168 valence electrons. The molecule has 0 unspecified atom stereocenters. The van der Waals surface area contributed by atoms with Crippen LogP contribution in [-0.4, -0.2) is 50.5 Å². The molecule has 2 rings (SSSR count). The highest BCUT2D eigenvalue weighted by Crippen LogP contribution is 2.20. The van der Waals surface area contributed by atoms with Gasteiger partial charge in [0.25, 0.3) is 0 Å². The molecule has 7 nitrogen and oxygen atoms in total. The number of nitrogens with one attached hydrogen (secondary N) is 1. The van der Waals surface area contributed by atoms with E-state index in [4.69, 9.17) is 0 Å². The number of benzene rings is 2. The number of anilines is 1. The number of hydrogen-bond donors (Lipinski definition) is 1. The van der Waals surface area contributed by atoms with E-state index >= 15 is 0 Å². The Labute approximate surface area is 180 Å². The maximum absolute atomic E-state index is 14.2. The van der Waals surface area contributed by atoms with Crippen LogP contribution in [0.2, 0.25) is 0 Å². The van der Waals surface area contributed by atoms with Gasteiger partial charge in [-0.15, -0.1) is 0 Å². The Bertz CT molecular complexity index is 1050. The van der Waals surface area contributed by atoms with E-state index in [0.29, 0.717) is 6.54 Å². The fraction of sp³-hybridized carbons (Fsp3) is 0.333. The number of sulfonamides is 1. The molecule has 1 atom stereocenters. The van der Waals surface area contributed by atoms with Crippen LogP contribution in [0, 0.1) is 11.6 Å². The molecule has 0 aliphatic carbocycles. The molecule has 0 saturated carbocycles. The Balaban J connectivity index is 2.40. The molecule has 0 saturated heterocycles. The summed E-state index contributed by atoms with van der Waals surface area (Å²) in [6, 6.07) is 9.59. The van der Waals surface area contributed by atoms with E-state index in [2.05, 4.69) is 5.32 Å². The monoisotopic (exact) mass is 453 g/mol. The molecule has 2 aromatic rings. The first kappa shape index (κ1) is 24.3. The summed E-state index contributed by atoms with van der Waals surface area (Å²) in [5, 5.41) is 2.60. The number of amides is 2. The Morgan fingerprint density at radius 1 is 1.10 bits per heavy atom. The van der Waals surface area contributed by atoms with E-state index in [1.54, 1.807) is 13.0 Å². The van der Waals surface area contributed by atoms with Crippen LogP contribution in [0.5, 0.6) is 0 Å². The standard InChI is InChI=1S/C21H25F2N3O4S/c1-4-24-21(28)15(2)25(13-16-8-5-6-11-19(16)23)20(27)14-26(31(3,29)30)18-10-7-9-17(22)12-18/h5-12,15H,4,13-14H2,1-3H3,(H,24,28)/t15-/m0/s1. The normalized spacial score (nSPS) is 12.2. The average Bonchev–Trinajstić information content (AvgIpc) is 2.70. The van der Waals surface area contributed by atoms with Crippen LogP contribution in [0.15, 0.2) is 48.5 Å². The average molecular weight is 454 g/mol. The molecule has 1 N–H and O–H groups in total. The number of halogens is 2. The molecule has 0 aliphatic heterocycles. The summed E-state index contributed by atoms with van der Waals surface area (Å²) in [6.07, 6.45) is 0.889. The molecule has 0 bridgehead atoms. The maximum atomic E-state index is 14.2. The van der Waals surface area contributed by atoms with E-state index < -0.39 is 46.1 Å². The number of hydrogen-bond acceptors (Lipinski definition) is 4. The Hall–Kier alpha value is -3.01. The van der Waals surface area contributed by atoms with Gasteiger partial charge in [0.1, 0.15) is 24.2 Å². The zero-order chi connectivity index (χ0) is 23.2. The molecule has 0 aromatic heterocycles. The quantitative estimate of drug-likeness (QED) is 0.631. The SMILES string of the molecule is CCNC(=O)[C@H](C)N(Cc1ccccc1F)C(=O)CN(c1cccc(F)c1)S(C)(=O)=O. The van der Waals surface area contributed by atoms with Gasteiger partial charge in [-0.1, -0.05) is 24.3 Å². The first-order chi connectivity index (χ1) is 14.5. The van der Waals surface area contributed by atoms with Gasteiger partial charge in [0.2, 0.25) is 21.8 Å². The van der Waals surface area contributed by atoms with Crippen molar-refractivity contribution < 1.29 is 26.8 Å². The van der Waals surface area contributed by atoms with Crippen LogP contribution in [-0.2, 0) is 26.2 Å². The van der Waals surface area contributed by atoms with Crippen molar-refractivity contribution in [3.63, 3.8) is 0 Å². The molecule has 2 aromatic carbocycles. The largest absolute Gasteiger partial charge is 0.355 e. The molecule has 0 heterocycles. The van der Waals surface area contributed by atoms with Crippen LogP contribution in [0.1, 0.15) is 19.4 Å². The Morgan fingerprint density at radius 3 is 2.35 bits per heavy atom. The molecular weight excluding hydrogens is 428 g/mol. The van der Waals surface area contributed by atoms with Gasteiger partial charge < -0.3 is 10.2 Å². The van der Waals surface area contributed by atoms with Gasteiger partial charge in [0.05, 0.1) is 11.9 Å². The van der Waals surface area contributed by atoms with Crippen LogP contribution in [0.25, 0.3) is 0 Å². The third-order valence-electron chi connectivity index (χ3n) is 4.59. The van der Waals surface area contributed by atoms with Crippen molar-refractivity contribution in [1.82, 2.24) is 10.2 Å². The molecule has 10 heteroatoms. The third kappa shape index (κ3) is 6.48. The first-order valence-corrected chi connectivity index (χ1v) is 11.4. The minimum atomic E-state index is -3.96. The van der Waals surface area contributed by atoms with E-state index in [1.165, 1.54) is 37.3 Å². The summed E-state index contributed by atoms with van der Waals surface area (Å²) in [7, 11) is -3.96. The zero-order valence-electron chi connectivity index (χ0n) is 17.5. The second-order valence-electron chi connectivity index (χ2n) is 6.93. The Kier molecular flexibility index (Phi) is 8.09. The molecule has 31 heavy (non-hydrogen) atoms. The number of rotatable bonds is 9. The summed E-state index contributed by atoms with van der Waals surface area (Å²) < 4.78 is 53.2. The predicted molar refractivity (Wildman–Crippen MR) is 114 cm³/mol. The van der Waals surface area contributed by atoms with Gasteiger partial charge in [-0.3, -0.25) is 13.9 Å². The minimum Gasteiger partial charge on any atom is -0.355 e. The second kappa shape index (κ2) is 10.3. The number of likely N-dealkylation sites (N-methyl/N-ethyl adjacent to an activating group) is 1. The van der Waals surface area contributed by atoms with E-state index in [1.807, 2.05) is 0 Å². The zero-order valence-corrected chi connectivity index (χ0v) is 18.3. The maximum Gasteiger partial charge on any atom is 0.244 e. The number of carbonyl (C=O) groups is 2. The lowest BCUT2D eigenvalue weighted by Crippen LogP contribution is -2.51. The molecule has 0 spiro atoms. The van der Waals surface area contributed by atoms with E-state index in [9.17, 15) is 26.8 Å². The highest BCUT2D eigenvalue weighted by molar-refractivity contribution is 7.92. The van der Waals surface area contributed by atoms with Crippen LogP contribution in [0.4, 0.5) is 14.5 Å². The summed E-state index contributed by atoms with van der Waals surface area (Å²) in [5.74, 6) is -2.44. The Morgan fingerprint density at radius 2 is 1.77 bits per heavy atom. The lowest BCUT2D eigenvalue weighted by molar-refractivity contribution is -0.139. The summed E-state index contributed by atoms with van der Waals surface area (Å²) >= 11 is 0. The van der Waals surface area contributed by atoms with Crippen molar-refractivity contribution in [2.24, 2.45) is 0 Å². The number of carbonyl (C=O) groups excluding carboxylic acids is 2. The van der Waals surface area contributed by atoms with Gasteiger partial charge in [0.15, 0.2) is 0 Å². The summed E-state index contributed by atoms with van der Waals surface area (Å²) in [4.78, 5) is 26.6. The van der Waals surface area contributed by atoms with Gasteiger partial charge in [0, 0.05) is 18.7 Å². The van der Waals surface area contributed by atoms with E-state index in [-0.39, 0.29) is 17.8 Å². The topological polar surface area (TPSA) is 86.8 Å². The van der Waals surface area contributed by atoms with Crippen molar-refractivity contribution in [2.45, 2.75) is 26.4 Å². The summed E-state index contributed by atoms with van der Waals surface area (Å²) in [6.45, 7) is 2.58. The van der Waals surface area contributed by atoms with Gasteiger partial charge in [-0.05, 0) is 38.1 Å². The van der Waals surface area contributed by atoms with Gasteiger partial charge in [-0.25, -0.2) is 17.2 Å². The lowest BCUT2D eigenvalue weighted by Gasteiger charge is -2.31. The van der Waals surface area contributed by atoms with Crippen LogP contribution < -0.4 is 9.62 Å². The predicted octanol–water partition coefficient (Wildman–Crippen LogP) is 2.28. The van der Waals surface area contributed by atoms with Crippen molar-refractivity contribution in [3.05, 3.63) is 65.7 Å². The molecule has 2 amide bonds. The van der Waals surface area contributed by atoms with Crippen LogP contribution in [0.3, 0.4) is 0 Å². The smallest absolute Gasteiger partial charge is 0.244 e. The van der Waals surface area contributed by atoms with Crippen LogP contribution >= 0.6 is 0 Å².